The van der Waals surface area contributed by atoms with Gasteiger partial charge in [-0.3, -0.25) is 14.4 Å². The van der Waals surface area contributed by atoms with Crippen LogP contribution in [0.5, 0.6) is 5.75 Å². The number of hydrogen-bond donors (Lipinski definition) is 4. The Bertz CT molecular complexity index is 1550. The smallest absolute Gasteiger partial charge is 0.254 e. The van der Waals surface area contributed by atoms with Gasteiger partial charge in [-0.15, -0.1) is 11.8 Å². The van der Waals surface area contributed by atoms with Crippen molar-refractivity contribution in [2.75, 3.05) is 24.3 Å². The lowest BCUT2D eigenvalue weighted by Gasteiger charge is -2.35. The van der Waals surface area contributed by atoms with Crippen LogP contribution in [0, 0.1) is 0 Å². The van der Waals surface area contributed by atoms with E-state index in [1.807, 2.05) is 80.6 Å². The number of ether oxygens (including phenoxy) is 1. The summed E-state index contributed by atoms with van der Waals surface area (Å²) in [7, 11) is 0. The highest BCUT2D eigenvalue weighted by Gasteiger charge is 2.50. The molecule has 3 heterocycles. The number of para-hydroxylation sites is 1. The van der Waals surface area contributed by atoms with Gasteiger partial charge < -0.3 is 30.7 Å². The minimum atomic E-state index is -1.57. The molecule has 0 radical (unpaired) electrons. The molecule has 10 heteroatoms. The largest absolute Gasteiger partial charge is 0.493 e. The number of anilines is 1. The number of aliphatic hydroxyl groups excluding tert-OH is 1. The van der Waals surface area contributed by atoms with Gasteiger partial charge in [0.25, 0.3) is 11.8 Å². The van der Waals surface area contributed by atoms with Gasteiger partial charge in [0.15, 0.2) is 6.10 Å². The second kappa shape index (κ2) is 12.5. The van der Waals surface area contributed by atoms with Crippen molar-refractivity contribution >= 4 is 35.2 Å². The number of thioether (sulfide) groups is 1. The third-order valence-corrected chi connectivity index (χ3v) is 10.1. The molecule has 44 heavy (non-hydrogen) atoms. The van der Waals surface area contributed by atoms with E-state index in [2.05, 4.69) is 16.0 Å². The van der Waals surface area contributed by atoms with Crippen LogP contribution < -0.4 is 20.7 Å². The maximum Gasteiger partial charge on any atom is 0.254 e. The van der Waals surface area contributed by atoms with Crippen molar-refractivity contribution in [3.63, 3.8) is 0 Å². The maximum atomic E-state index is 14.1. The summed E-state index contributed by atoms with van der Waals surface area (Å²) in [5.41, 5.74) is 4.14. The Morgan fingerprint density at radius 2 is 1.84 bits per heavy atom. The Balaban J connectivity index is 1.23. The molecule has 0 aromatic heterocycles. The van der Waals surface area contributed by atoms with Crippen molar-refractivity contribution in [2.24, 2.45) is 0 Å². The van der Waals surface area contributed by atoms with E-state index in [9.17, 15) is 19.5 Å². The summed E-state index contributed by atoms with van der Waals surface area (Å²) in [4.78, 5) is 43.0. The number of fused-ring (bicyclic) bond motifs is 2. The molecule has 4 N–H and O–H groups in total. The molecule has 1 saturated heterocycles. The van der Waals surface area contributed by atoms with Gasteiger partial charge in [-0.2, -0.15) is 0 Å². The number of aliphatic hydroxyl groups is 1. The summed E-state index contributed by atoms with van der Waals surface area (Å²) in [6, 6.07) is 20.6. The van der Waals surface area contributed by atoms with Crippen LogP contribution in [-0.2, 0) is 22.4 Å². The number of hydrogen-bond acceptors (Lipinski definition) is 7. The molecule has 0 spiro atoms. The van der Waals surface area contributed by atoms with E-state index in [1.165, 1.54) is 16.7 Å². The van der Waals surface area contributed by atoms with Gasteiger partial charge in [-0.25, -0.2) is 0 Å². The summed E-state index contributed by atoms with van der Waals surface area (Å²) < 4.78 is 5.17. The van der Waals surface area contributed by atoms with Gasteiger partial charge in [0.2, 0.25) is 5.91 Å². The number of carbonyl (C=O) groups is 3. The molecule has 3 aliphatic rings. The molecule has 3 amide bonds. The van der Waals surface area contributed by atoms with Gasteiger partial charge in [-0.05, 0) is 56.0 Å². The number of rotatable bonds is 8. The lowest BCUT2D eigenvalue weighted by atomic mass is 9.95. The monoisotopic (exact) mass is 614 g/mol. The van der Waals surface area contributed by atoms with Crippen molar-refractivity contribution in [1.82, 2.24) is 15.5 Å². The predicted octanol–water partition coefficient (Wildman–Crippen LogP) is 3.68. The van der Waals surface area contributed by atoms with Crippen molar-refractivity contribution < 1.29 is 24.2 Å². The Kier molecular flexibility index (Phi) is 8.55. The molecule has 3 aromatic rings. The number of carbonyl (C=O) groups excluding carboxylic acids is 3. The summed E-state index contributed by atoms with van der Waals surface area (Å²) in [6.45, 7) is 5.10. The number of benzene rings is 3. The van der Waals surface area contributed by atoms with Crippen LogP contribution in [0.2, 0.25) is 0 Å². The van der Waals surface area contributed by atoms with Crippen LogP contribution in [0.1, 0.15) is 53.4 Å². The maximum absolute atomic E-state index is 14.1. The zero-order chi connectivity index (χ0) is 30.8. The zero-order valence-electron chi connectivity index (χ0n) is 24.9. The summed E-state index contributed by atoms with van der Waals surface area (Å²) in [5, 5.41) is 21.1. The first kappa shape index (κ1) is 30.0. The molecule has 3 aromatic carbocycles. The lowest BCUT2D eigenvalue weighted by Crippen LogP contribution is -2.59. The molecule has 4 atom stereocenters. The zero-order valence-corrected chi connectivity index (χ0v) is 25.7. The first-order chi connectivity index (χ1) is 21.2. The molecule has 6 rings (SSSR count). The highest BCUT2D eigenvalue weighted by Crippen LogP contribution is 2.41. The molecule has 0 saturated carbocycles. The average molecular weight is 615 g/mol. The predicted molar refractivity (Wildman–Crippen MR) is 171 cm³/mol. The Morgan fingerprint density at radius 3 is 2.66 bits per heavy atom. The minimum Gasteiger partial charge on any atom is -0.493 e. The van der Waals surface area contributed by atoms with Crippen LogP contribution in [0.3, 0.4) is 0 Å². The van der Waals surface area contributed by atoms with Crippen LogP contribution >= 0.6 is 11.8 Å². The molecular formula is C34H38N4O5S. The molecular weight excluding hydrogens is 576 g/mol. The number of nitrogens with one attached hydrogen (secondary N) is 3. The topological polar surface area (TPSA) is 120 Å². The molecule has 230 valence electrons. The molecule has 0 aliphatic carbocycles. The van der Waals surface area contributed by atoms with Crippen LogP contribution in [-0.4, -0.2) is 69.7 Å². The second-order valence-electron chi connectivity index (χ2n) is 12.0. The first-order valence-corrected chi connectivity index (χ1v) is 16.1. The van der Waals surface area contributed by atoms with Crippen LogP contribution in [0.4, 0.5) is 5.69 Å². The van der Waals surface area contributed by atoms with E-state index in [0.29, 0.717) is 18.6 Å². The van der Waals surface area contributed by atoms with Crippen molar-refractivity contribution in [3.05, 3.63) is 95.1 Å². The fourth-order valence-corrected chi connectivity index (χ4v) is 7.55. The van der Waals surface area contributed by atoms with E-state index >= 15 is 0 Å². The SMILES string of the molecule is CC1(C)SCN(C(=O)[C@@H](O)[C@H](Cc2ccccc2)NC(=O)c2cccc3c2CCN3)[C@H]1C(=O)N[C@H]1CCOc2ccccc21. The summed E-state index contributed by atoms with van der Waals surface area (Å²) >= 11 is 1.49. The van der Waals surface area contributed by atoms with Gasteiger partial charge >= 0.3 is 0 Å². The highest BCUT2D eigenvalue weighted by molar-refractivity contribution is 8.00. The van der Waals surface area contributed by atoms with Gasteiger partial charge in [0.05, 0.1) is 24.6 Å². The first-order valence-electron chi connectivity index (χ1n) is 15.1. The number of nitrogens with zero attached hydrogens (tertiary/aromatic N) is 1. The molecule has 9 nitrogen and oxygen atoms in total. The summed E-state index contributed by atoms with van der Waals surface area (Å²) in [5.74, 6) is -0.223. The van der Waals surface area contributed by atoms with Gasteiger partial charge in [-0.1, -0.05) is 54.6 Å². The minimum absolute atomic E-state index is 0.243. The molecule has 1 fully saturated rings. The quantitative estimate of drug-likeness (QED) is 0.306. The van der Waals surface area contributed by atoms with Crippen molar-refractivity contribution in [1.29, 1.82) is 0 Å². The number of amides is 3. The Morgan fingerprint density at radius 1 is 1.07 bits per heavy atom. The second-order valence-corrected chi connectivity index (χ2v) is 13.6. The third kappa shape index (κ3) is 6.01. The third-order valence-electron chi connectivity index (χ3n) is 8.71. The van der Waals surface area contributed by atoms with Crippen molar-refractivity contribution in [3.8, 4) is 5.75 Å². The average Bonchev–Trinajstić information content (AvgIpc) is 3.64. The fourth-order valence-electron chi connectivity index (χ4n) is 6.41. The summed E-state index contributed by atoms with van der Waals surface area (Å²) in [6.07, 6.45) is 0.0110. The van der Waals surface area contributed by atoms with E-state index in [0.717, 1.165) is 41.1 Å². The standard InChI is InChI=1S/C34H38N4O5S/c1-34(2)30(32(41)36-26-16-18-43-28-14-7-6-11-24(26)28)38(20-44-34)33(42)29(39)27(19-21-9-4-3-5-10-21)37-31(40)23-12-8-13-25-22(23)15-17-35-25/h3-14,26-27,29-30,35,39H,15-20H2,1-2H3,(H,36,41)(H,37,40)/t26-,27-,29-,30-/m0/s1. The van der Waals surface area contributed by atoms with Crippen LogP contribution in [0.15, 0.2) is 72.8 Å². The molecule has 0 bridgehead atoms. The Hall–Kier alpha value is -4.02. The molecule has 0 unspecified atom stereocenters. The van der Waals surface area contributed by atoms with E-state index in [-0.39, 0.29) is 30.2 Å². The van der Waals surface area contributed by atoms with Crippen molar-refractivity contribution in [2.45, 2.75) is 62.1 Å². The Labute approximate surface area is 261 Å². The van der Waals surface area contributed by atoms with E-state index in [1.54, 1.807) is 6.07 Å². The lowest BCUT2D eigenvalue weighted by molar-refractivity contribution is -0.147. The van der Waals surface area contributed by atoms with Gasteiger partial charge in [0.1, 0.15) is 11.8 Å². The van der Waals surface area contributed by atoms with E-state index < -0.39 is 28.8 Å². The molecule has 3 aliphatic heterocycles. The van der Waals surface area contributed by atoms with E-state index in [4.69, 9.17) is 4.74 Å². The highest BCUT2D eigenvalue weighted by atomic mass is 32.2. The fraction of sp³-hybridized carbons (Fsp3) is 0.382. The normalized spacial score (nSPS) is 21.2. The van der Waals surface area contributed by atoms with Gasteiger partial charge in [0, 0.05) is 34.5 Å². The van der Waals surface area contributed by atoms with Crippen LogP contribution in [0.25, 0.3) is 0 Å².